The van der Waals surface area contributed by atoms with E-state index in [1.807, 2.05) is 31.2 Å². The summed E-state index contributed by atoms with van der Waals surface area (Å²) in [5.41, 5.74) is 2.58. The van der Waals surface area contributed by atoms with Crippen LogP contribution in [0, 0.1) is 6.92 Å². The van der Waals surface area contributed by atoms with Crippen molar-refractivity contribution >= 4 is 17.7 Å². The predicted octanol–water partition coefficient (Wildman–Crippen LogP) is 2.15. The summed E-state index contributed by atoms with van der Waals surface area (Å²) < 4.78 is 10.2. The highest BCUT2D eigenvalue weighted by Crippen LogP contribution is 2.44. The van der Waals surface area contributed by atoms with Gasteiger partial charge in [0.05, 0.1) is 5.56 Å². The van der Waals surface area contributed by atoms with Crippen molar-refractivity contribution in [3.8, 4) is 11.5 Å². The molecule has 2 heterocycles. The lowest BCUT2D eigenvalue weighted by Gasteiger charge is -2.09. The minimum absolute atomic E-state index is 0.140. The number of esters is 2. The summed E-state index contributed by atoms with van der Waals surface area (Å²) in [4.78, 5) is 35.2. The van der Waals surface area contributed by atoms with Crippen LogP contribution < -0.4 is 9.47 Å². The van der Waals surface area contributed by atoms with E-state index in [0.717, 1.165) is 11.1 Å². The molecule has 0 N–H and O–H groups in total. The Hall–Kier alpha value is -2.95. The molecule has 0 amide bonds. The Kier molecular flexibility index (Phi) is 2.48. The molecular weight excluding hydrogens is 284 g/mol. The number of rotatable bonds is 1. The van der Waals surface area contributed by atoms with Crippen LogP contribution in [0.3, 0.4) is 0 Å². The van der Waals surface area contributed by atoms with Crippen LogP contribution in [0.2, 0.25) is 0 Å². The van der Waals surface area contributed by atoms with Crippen molar-refractivity contribution in [1.29, 1.82) is 0 Å². The van der Waals surface area contributed by atoms with Crippen LogP contribution in [0.1, 0.15) is 33.0 Å². The van der Waals surface area contributed by atoms with Gasteiger partial charge in [-0.2, -0.15) is 0 Å². The summed E-state index contributed by atoms with van der Waals surface area (Å²) in [5.74, 6) is -2.10. The molecule has 0 spiro atoms. The highest BCUT2D eigenvalue weighted by Gasteiger charge is 2.39. The molecule has 1 atom stereocenters. The van der Waals surface area contributed by atoms with E-state index in [2.05, 4.69) is 0 Å². The Morgan fingerprint density at radius 3 is 2.55 bits per heavy atom. The molecule has 0 aliphatic carbocycles. The van der Waals surface area contributed by atoms with E-state index in [1.54, 1.807) is 6.07 Å². The van der Waals surface area contributed by atoms with Gasteiger partial charge in [-0.25, -0.2) is 4.79 Å². The van der Waals surface area contributed by atoms with Crippen molar-refractivity contribution in [3.63, 3.8) is 0 Å². The Balaban J connectivity index is 1.87. The maximum atomic E-state index is 12.2. The number of Topliss-reactive ketones (excluding diaryl/α,β-unsaturated/α-hetero) is 1. The van der Waals surface area contributed by atoms with E-state index in [1.165, 1.54) is 6.07 Å². The van der Waals surface area contributed by atoms with Gasteiger partial charge in [-0.1, -0.05) is 29.8 Å². The van der Waals surface area contributed by atoms with Crippen LogP contribution in [0.25, 0.3) is 0 Å². The standard InChI is InChI=1S/C17H10O5/c1-8-3-2-4-9(5-8)14-10-6-13-11(15(18)17(20)22-13)7-12(10)21-16(14)19/h2-7,14H,1H3. The van der Waals surface area contributed by atoms with Gasteiger partial charge in [0.2, 0.25) is 0 Å². The first-order valence-corrected chi connectivity index (χ1v) is 6.77. The van der Waals surface area contributed by atoms with Crippen molar-refractivity contribution in [3.05, 3.63) is 58.7 Å². The van der Waals surface area contributed by atoms with Crippen LogP contribution in [0.5, 0.6) is 11.5 Å². The average molecular weight is 294 g/mol. The highest BCUT2D eigenvalue weighted by molar-refractivity contribution is 6.44. The SMILES string of the molecule is Cc1cccc(C2C(=O)Oc3cc4c(cc32)OC(=O)C4=O)c1. The van der Waals surface area contributed by atoms with E-state index < -0.39 is 23.6 Å². The first-order chi connectivity index (χ1) is 10.5. The molecule has 5 heteroatoms. The van der Waals surface area contributed by atoms with E-state index in [9.17, 15) is 14.4 Å². The third kappa shape index (κ3) is 1.69. The normalized spacial score (nSPS) is 18.8. The zero-order chi connectivity index (χ0) is 15.4. The van der Waals surface area contributed by atoms with E-state index in [0.29, 0.717) is 11.3 Å². The first kappa shape index (κ1) is 12.8. The van der Waals surface area contributed by atoms with Crippen molar-refractivity contribution < 1.29 is 23.9 Å². The molecule has 2 aromatic carbocycles. The fourth-order valence-electron chi connectivity index (χ4n) is 2.87. The van der Waals surface area contributed by atoms with Gasteiger partial charge in [-0.05, 0) is 24.6 Å². The average Bonchev–Trinajstić information content (AvgIpc) is 2.93. The maximum Gasteiger partial charge on any atom is 0.385 e. The minimum Gasteiger partial charge on any atom is -0.425 e. The van der Waals surface area contributed by atoms with Gasteiger partial charge in [0.1, 0.15) is 17.4 Å². The number of hydrogen-bond acceptors (Lipinski definition) is 5. The molecule has 5 nitrogen and oxygen atoms in total. The van der Waals surface area contributed by atoms with Gasteiger partial charge < -0.3 is 9.47 Å². The van der Waals surface area contributed by atoms with Crippen LogP contribution in [0.4, 0.5) is 0 Å². The quantitative estimate of drug-likeness (QED) is 0.458. The second-order valence-electron chi connectivity index (χ2n) is 5.37. The molecule has 4 rings (SSSR count). The van der Waals surface area contributed by atoms with Gasteiger partial charge in [-0.15, -0.1) is 0 Å². The molecule has 2 aliphatic rings. The first-order valence-electron chi connectivity index (χ1n) is 6.77. The molecule has 0 fully saturated rings. The van der Waals surface area contributed by atoms with Crippen LogP contribution in [0.15, 0.2) is 36.4 Å². The number of fused-ring (bicyclic) bond motifs is 2. The van der Waals surface area contributed by atoms with Crippen molar-refractivity contribution in [2.75, 3.05) is 0 Å². The van der Waals surface area contributed by atoms with Crippen LogP contribution in [-0.2, 0) is 9.59 Å². The molecule has 0 saturated heterocycles. The molecule has 0 radical (unpaired) electrons. The maximum absolute atomic E-state index is 12.2. The molecule has 0 aromatic heterocycles. The van der Waals surface area contributed by atoms with E-state index >= 15 is 0 Å². The minimum atomic E-state index is -0.905. The number of carbonyl (C=O) groups is 3. The van der Waals surface area contributed by atoms with Crippen molar-refractivity contribution in [2.24, 2.45) is 0 Å². The third-order valence-electron chi connectivity index (χ3n) is 3.88. The number of carbonyl (C=O) groups excluding carboxylic acids is 3. The number of ether oxygens (including phenoxy) is 2. The molecule has 1 unspecified atom stereocenters. The summed E-state index contributed by atoms with van der Waals surface area (Å²) >= 11 is 0. The van der Waals surface area contributed by atoms with Gasteiger partial charge in [0.15, 0.2) is 0 Å². The number of ketones is 1. The highest BCUT2D eigenvalue weighted by atomic mass is 16.6. The Morgan fingerprint density at radius 2 is 1.77 bits per heavy atom. The molecule has 0 saturated carbocycles. The molecule has 22 heavy (non-hydrogen) atoms. The zero-order valence-corrected chi connectivity index (χ0v) is 11.6. The van der Waals surface area contributed by atoms with E-state index in [4.69, 9.17) is 9.47 Å². The smallest absolute Gasteiger partial charge is 0.385 e. The molecule has 0 bridgehead atoms. The van der Waals surface area contributed by atoms with Crippen molar-refractivity contribution in [1.82, 2.24) is 0 Å². The molecule has 2 aromatic rings. The summed E-state index contributed by atoms with van der Waals surface area (Å²) in [5, 5.41) is 0. The number of benzene rings is 2. The summed E-state index contributed by atoms with van der Waals surface area (Å²) in [6.45, 7) is 1.94. The summed E-state index contributed by atoms with van der Waals surface area (Å²) in [6, 6.07) is 10.5. The number of hydrogen-bond donors (Lipinski definition) is 0. The molecule has 108 valence electrons. The largest absolute Gasteiger partial charge is 0.425 e. The van der Waals surface area contributed by atoms with Crippen LogP contribution >= 0.6 is 0 Å². The summed E-state index contributed by atoms with van der Waals surface area (Å²) in [7, 11) is 0. The van der Waals surface area contributed by atoms with Gasteiger partial charge in [0, 0.05) is 5.56 Å². The molecular formula is C17H10O5. The van der Waals surface area contributed by atoms with E-state index in [-0.39, 0.29) is 11.3 Å². The second-order valence-corrected chi connectivity index (χ2v) is 5.37. The number of aryl methyl sites for hydroxylation is 1. The predicted molar refractivity (Wildman–Crippen MR) is 75.1 cm³/mol. The lowest BCUT2D eigenvalue weighted by Crippen LogP contribution is -2.12. The van der Waals surface area contributed by atoms with Gasteiger partial charge >= 0.3 is 11.9 Å². The Labute approximate surface area is 125 Å². The fraction of sp³-hybridized carbons (Fsp3) is 0.118. The zero-order valence-electron chi connectivity index (χ0n) is 11.6. The third-order valence-corrected chi connectivity index (χ3v) is 3.88. The van der Waals surface area contributed by atoms with Crippen LogP contribution in [-0.4, -0.2) is 17.7 Å². The fourth-order valence-corrected chi connectivity index (χ4v) is 2.87. The van der Waals surface area contributed by atoms with Gasteiger partial charge in [0.25, 0.3) is 5.78 Å². The molecule has 2 aliphatic heterocycles. The summed E-state index contributed by atoms with van der Waals surface area (Å²) in [6.07, 6.45) is 0. The lowest BCUT2D eigenvalue weighted by atomic mass is 9.91. The Bertz CT molecular complexity index is 865. The monoisotopic (exact) mass is 294 g/mol. The van der Waals surface area contributed by atoms with Gasteiger partial charge in [-0.3, -0.25) is 9.59 Å². The Morgan fingerprint density at radius 1 is 0.955 bits per heavy atom. The van der Waals surface area contributed by atoms with Crippen molar-refractivity contribution in [2.45, 2.75) is 12.8 Å². The topological polar surface area (TPSA) is 69.7 Å². The second kappa shape index (κ2) is 4.27. The lowest BCUT2D eigenvalue weighted by molar-refractivity contribution is -0.133.